The third-order valence-electron chi connectivity index (χ3n) is 2.27. The number of anilines is 1. The molecule has 20 heavy (non-hydrogen) atoms. The second kappa shape index (κ2) is 6.03. The Morgan fingerprint density at radius 1 is 1.10 bits per heavy atom. The molecule has 11 heteroatoms. The van der Waals surface area contributed by atoms with Gasteiger partial charge in [-0.25, -0.2) is 0 Å². The minimum Gasteiger partial charge on any atom is -0.394 e. The summed E-state index contributed by atoms with van der Waals surface area (Å²) in [5.41, 5.74) is -0.338. The minimum atomic E-state index is -4.63. The Morgan fingerprint density at radius 3 is 2.15 bits per heavy atom. The van der Waals surface area contributed by atoms with Gasteiger partial charge in [0.25, 0.3) is 20.2 Å². The highest BCUT2D eigenvalue weighted by molar-refractivity contribution is 7.86. The van der Waals surface area contributed by atoms with E-state index in [2.05, 4.69) is 5.32 Å². The number of rotatable bonds is 6. The van der Waals surface area contributed by atoms with E-state index >= 15 is 0 Å². The van der Waals surface area contributed by atoms with Crippen LogP contribution in [0.2, 0.25) is 0 Å². The summed E-state index contributed by atoms with van der Waals surface area (Å²) in [6.45, 7) is -0.903. The number of benzene rings is 1. The van der Waals surface area contributed by atoms with Crippen molar-refractivity contribution in [3.05, 3.63) is 18.2 Å². The Balaban J connectivity index is 3.27. The van der Waals surface area contributed by atoms with Gasteiger partial charge in [-0.2, -0.15) is 16.8 Å². The molecule has 0 bridgehead atoms. The quantitative estimate of drug-likeness (QED) is 0.410. The number of aliphatic hydroxyl groups is 2. The molecule has 1 aromatic carbocycles. The maximum Gasteiger partial charge on any atom is 0.296 e. The molecule has 114 valence electrons. The van der Waals surface area contributed by atoms with E-state index in [0.29, 0.717) is 0 Å². The van der Waals surface area contributed by atoms with Gasteiger partial charge < -0.3 is 15.5 Å². The maximum absolute atomic E-state index is 11.1. The highest BCUT2D eigenvalue weighted by atomic mass is 32.2. The van der Waals surface area contributed by atoms with Crippen molar-refractivity contribution in [2.75, 3.05) is 18.5 Å². The van der Waals surface area contributed by atoms with Gasteiger partial charge in [0, 0.05) is 6.54 Å². The predicted octanol–water partition coefficient (Wildman–Crippen LogP) is -1.05. The van der Waals surface area contributed by atoms with Crippen LogP contribution in [0.1, 0.15) is 0 Å². The third kappa shape index (κ3) is 4.40. The first kappa shape index (κ1) is 16.8. The van der Waals surface area contributed by atoms with Crippen molar-refractivity contribution in [2.24, 2.45) is 0 Å². The van der Waals surface area contributed by atoms with Gasteiger partial charge in [-0.15, -0.1) is 0 Å². The molecule has 0 saturated heterocycles. The molecule has 1 unspecified atom stereocenters. The SMILES string of the molecule is O=S(=O)(O)c1ccc(S(=O)(=O)O)c(NCC(O)CO)c1. The highest BCUT2D eigenvalue weighted by Gasteiger charge is 2.20. The summed E-state index contributed by atoms with van der Waals surface area (Å²) < 4.78 is 62.0. The van der Waals surface area contributed by atoms with E-state index in [1.165, 1.54) is 0 Å². The van der Waals surface area contributed by atoms with Gasteiger partial charge in [0.2, 0.25) is 0 Å². The van der Waals surface area contributed by atoms with E-state index < -0.39 is 42.7 Å². The molecule has 5 N–H and O–H groups in total. The van der Waals surface area contributed by atoms with Crippen LogP contribution in [0.3, 0.4) is 0 Å². The van der Waals surface area contributed by atoms with Crippen LogP contribution in [0.15, 0.2) is 28.0 Å². The van der Waals surface area contributed by atoms with Crippen LogP contribution in [0.4, 0.5) is 5.69 Å². The Labute approximate surface area is 115 Å². The van der Waals surface area contributed by atoms with Gasteiger partial charge in [0.05, 0.1) is 23.3 Å². The molecule has 1 rings (SSSR count). The number of nitrogens with one attached hydrogen (secondary N) is 1. The summed E-state index contributed by atoms with van der Waals surface area (Å²) in [5, 5.41) is 20.1. The average molecular weight is 327 g/mol. The van der Waals surface area contributed by atoms with Crippen molar-refractivity contribution in [1.82, 2.24) is 0 Å². The van der Waals surface area contributed by atoms with E-state index in [0.717, 1.165) is 18.2 Å². The van der Waals surface area contributed by atoms with Gasteiger partial charge in [-0.3, -0.25) is 9.11 Å². The molecule has 1 atom stereocenters. The summed E-state index contributed by atoms with van der Waals surface area (Å²) in [5.74, 6) is 0. The zero-order valence-electron chi connectivity index (χ0n) is 9.96. The largest absolute Gasteiger partial charge is 0.394 e. The molecule has 0 aromatic heterocycles. The molecular weight excluding hydrogens is 314 g/mol. The monoisotopic (exact) mass is 327 g/mol. The van der Waals surface area contributed by atoms with Crippen LogP contribution in [-0.4, -0.2) is 55.4 Å². The number of hydrogen-bond acceptors (Lipinski definition) is 7. The molecular formula is C9H13NO8S2. The van der Waals surface area contributed by atoms with E-state index in [1.807, 2.05) is 0 Å². The maximum atomic E-state index is 11.1. The van der Waals surface area contributed by atoms with Crippen molar-refractivity contribution in [1.29, 1.82) is 0 Å². The first-order valence-corrected chi connectivity index (χ1v) is 8.05. The Hall–Kier alpha value is -1.24. The molecule has 0 saturated carbocycles. The molecule has 0 amide bonds. The van der Waals surface area contributed by atoms with E-state index in [4.69, 9.17) is 19.3 Å². The summed E-state index contributed by atoms with van der Waals surface area (Å²) in [4.78, 5) is -1.22. The molecule has 0 radical (unpaired) electrons. The zero-order valence-corrected chi connectivity index (χ0v) is 11.6. The molecule has 0 aliphatic carbocycles. The summed E-state index contributed by atoms with van der Waals surface area (Å²) >= 11 is 0. The van der Waals surface area contributed by atoms with Crippen LogP contribution >= 0.6 is 0 Å². The summed E-state index contributed by atoms with van der Waals surface area (Å²) in [7, 11) is -9.19. The Morgan fingerprint density at radius 2 is 1.70 bits per heavy atom. The first-order valence-electron chi connectivity index (χ1n) is 5.17. The van der Waals surface area contributed by atoms with Crippen LogP contribution in [-0.2, 0) is 20.2 Å². The van der Waals surface area contributed by atoms with Crippen LogP contribution < -0.4 is 5.32 Å². The minimum absolute atomic E-state index is 0.298. The lowest BCUT2D eigenvalue weighted by Crippen LogP contribution is -2.23. The molecule has 0 spiro atoms. The van der Waals surface area contributed by atoms with Gasteiger partial charge in [0.1, 0.15) is 4.90 Å². The standard InChI is InChI=1S/C9H13NO8S2/c11-5-6(12)4-10-8-3-7(19(13,14)15)1-2-9(8)20(16,17)18/h1-3,6,10-12H,4-5H2,(H,13,14,15)(H,16,17,18). The van der Waals surface area contributed by atoms with Gasteiger partial charge >= 0.3 is 0 Å². The fourth-order valence-corrected chi connectivity index (χ4v) is 2.48. The lowest BCUT2D eigenvalue weighted by atomic mass is 10.3. The Kier molecular flexibility index (Phi) is 5.07. The molecule has 0 fully saturated rings. The smallest absolute Gasteiger partial charge is 0.296 e. The molecule has 9 nitrogen and oxygen atoms in total. The predicted molar refractivity (Wildman–Crippen MR) is 67.7 cm³/mol. The number of hydrogen-bond donors (Lipinski definition) is 5. The highest BCUT2D eigenvalue weighted by Crippen LogP contribution is 2.24. The van der Waals surface area contributed by atoms with E-state index in [1.54, 1.807) is 0 Å². The normalized spacial score (nSPS) is 14.0. The van der Waals surface area contributed by atoms with Gasteiger partial charge in [0.15, 0.2) is 0 Å². The fraction of sp³-hybridized carbons (Fsp3) is 0.333. The van der Waals surface area contributed by atoms with Gasteiger partial charge in [-0.1, -0.05) is 0 Å². The summed E-state index contributed by atoms with van der Waals surface area (Å²) in [6, 6.07) is 2.36. The molecule has 1 aromatic rings. The van der Waals surface area contributed by atoms with Crippen molar-refractivity contribution < 1.29 is 36.2 Å². The average Bonchev–Trinajstić information content (AvgIpc) is 2.33. The zero-order chi connectivity index (χ0) is 15.6. The Bertz CT molecular complexity index is 682. The second-order valence-corrected chi connectivity index (χ2v) is 6.64. The van der Waals surface area contributed by atoms with Crippen molar-refractivity contribution in [3.8, 4) is 0 Å². The third-order valence-corrected chi connectivity index (χ3v) is 4.03. The van der Waals surface area contributed by atoms with Crippen LogP contribution in [0.5, 0.6) is 0 Å². The van der Waals surface area contributed by atoms with Crippen molar-refractivity contribution in [2.45, 2.75) is 15.9 Å². The molecule has 0 aliphatic rings. The van der Waals surface area contributed by atoms with Gasteiger partial charge in [-0.05, 0) is 18.2 Å². The van der Waals surface area contributed by atoms with Crippen LogP contribution in [0, 0.1) is 0 Å². The first-order chi connectivity index (χ1) is 9.05. The lowest BCUT2D eigenvalue weighted by Gasteiger charge is -2.13. The van der Waals surface area contributed by atoms with E-state index in [9.17, 15) is 16.8 Å². The van der Waals surface area contributed by atoms with Crippen molar-refractivity contribution >= 4 is 25.9 Å². The summed E-state index contributed by atoms with van der Waals surface area (Å²) in [6.07, 6.45) is -1.22. The lowest BCUT2D eigenvalue weighted by molar-refractivity contribution is 0.105. The van der Waals surface area contributed by atoms with Crippen LogP contribution in [0.25, 0.3) is 0 Å². The van der Waals surface area contributed by atoms with Crippen molar-refractivity contribution in [3.63, 3.8) is 0 Å². The number of aliphatic hydroxyl groups excluding tert-OH is 2. The van der Waals surface area contributed by atoms with E-state index in [-0.39, 0.29) is 12.2 Å². The molecule has 0 heterocycles. The topological polar surface area (TPSA) is 161 Å². The fourth-order valence-electron chi connectivity index (χ4n) is 1.32. The molecule has 0 aliphatic heterocycles. The second-order valence-electron chi connectivity index (χ2n) is 3.83.